The number of anilines is 1. The first kappa shape index (κ1) is 13.1. The summed E-state index contributed by atoms with van der Waals surface area (Å²) >= 11 is 0. The van der Waals surface area contributed by atoms with E-state index in [4.69, 9.17) is 4.74 Å². The molecule has 2 unspecified atom stereocenters. The number of hydrogen-bond acceptors (Lipinski definition) is 4. The molecule has 1 fully saturated rings. The molecule has 2 atom stereocenters. The lowest BCUT2D eigenvalue weighted by Gasteiger charge is -2.35. The Morgan fingerprint density at radius 1 is 1.28 bits per heavy atom. The van der Waals surface area contributed by atoms with Crippen molar-refractivity contribution >= 4 is 5.82 Å². The second-order valence-corrected chi connectivity index (χ2v) is 5.39. The predicted octanol–water partition coefficient (Wildman–Crippen LogP) is 3.11. The summed E-state index contributed by atoms with van der Waals surface area (Å²) in [5, 5.41) is 3.56. The van der Waals surface area contributed by atoms with Gasteiger partial charge in [-0.25, -0.2) is 9.97 Å². The molecule has 0 spiro atoms. The summed E-state index contributed by atoms with van der Waals surface area (Å²) in [5.74, 6) is 2.94. The van der Waals surface area contributed by atoms with Crippen molar-refractivity contribution in [2.24, 2.45) is 11.8 Å². The minimum absolute atomic E-state index is 0.526. The first-order valence-corrected chi connectivity index (χ1v) is 6.83. The average molecular weight is 249 g/mol. The van der Waals surface area contributed by atoms with Gasteiger partial charge in [0, 0.05) is 12.1 Å². The number of nitrogens with zero attached hydrogens (tertiary/aromatic N) is 2. The maximum Gasteiger partial charge on any atom is 0.218 e. The van der Waals surface area contributed by atoms with Gasteiger partial charge in [0.05, 0.1) is 7.11 Å². The second-order valence-electron chi connectivity index (χ2n) is 5.39. The molecule has 4 heteroatoms. The molecule has 1 aliphatic carbocycles. The van der Waals surface area contributed by atoms with Crippen LogP contribution in [0.25, 0.3) is 0 Å². The monoisotopic (exact) mass is 249 g/mol. The molecule has 0 aromatic carbocycles. The van der Waals surface area contributed by atoms with Crippen molar-refractivity contribution in [1.29, 1.82) is 0 Å². The summed E-state index contributed by atoms with van der Waals surface area (Å²) in [6.45, 7) is 4.62. The van der Waals surface area contributed by atoms with Crippen molar-refractivity contribution in [2.45, 2.75) is 45.6 Å². The fraction of sp³-hybridized carbons (Fsp3) is 0.714. The van der Waals surface area contributed by atoms with E-state index < -0.39 is 0 Å². The van der Waals surface area contributed by atoms with Crippen LogP contribution in [-0.4, -0.2) is 23.1 Å². The molecule has 0 saturated heterocycles. The van der Waals surface area contributed by atoms with Crippen molar-refractivity contribution in [3.63, 3.8) is 0 Å². The van der Waals surface area contributed by atoms with Gasteiger partial charge in [-0.05, 0) is 24.7 Å². The molecule has 18 heavy (non-hydrogen) atoms. The first-order chi connectivity index (χ1) is 8.70. The van der Waals surface area contributed by atoms with Gasteiger partial charge in [-0.15, -0.1) is 0 Å². The minimum Gasteiger partial charge on any atom is -0.481 e. The Hall–Kier alpha value is -1.32. The summed E-state index contributed by atoms with van der Waals surface area (Å²) in [4.78, 5) is 8.30. The first-order valence-electron chi connectivity index (χ1n) is 6.83. The Labute approximate surface area is 109 Å². The van der Waals surface area contributed by atoms with Gasteiger partial charge in [-0.2, -0.15) is 0 Å². The highest BCUT2D eigenvalue weighted by Gasteiger charge is 2.27. The summed E-state index contributed by atoms with van der Waals surface area (Å²) in [6, 6.07) is 2.39. The Kier molecular flexibility index (Phi) is 4.39. The van der Waals surface area contributed by atoms with Crippen LogP contribution in [0.1, 0.15) is 39.5 Å². The molecule has 1 heterocycles. The standard InChI is InChI=1S/C14H23N3O/c1-10(2)11-6-4-5-7-12(11)17-13-8-14(18-3)16-9-15-13/h8-12H,4-7H2,1-3H3,(H,15,16,17). The van der Waals surface area contributed by atoms with Gasteiger partial charge in [0.15, 0.2) is 0 Å². The zero-order valence-electron chi connectivity index (χ0n) is 11.5. The number of nitrogens with one attached hydrogen (secondary N) is 1. The lowest BCUT2D eigenvalue weighted by atomic mass is 9.78. The van der Waals surface area contributed by atoms with E-state index in [0.717, 1.165) is 11.7 Å². The average Bonchev–Trinajstić information content (AvgIpc) is 2.39. The van der Waals surface area contributed by atoms with Gasteiger partial charge < -0.3 is 10.1 Å². The van der Waals surface area contributed by atoms with Gasteiger partial charge in [-0.1, -0.05) is 26.7 Å². The number of aromatic nitrogens is 2. The van der Waals surface area contributed by atoms with E-state index in [1.807, 2.05) is 6.07 Å². The fourth-order valence-corrected chi connectivity index (χ4v) is 2.86. The zero-order chi connectivity index (χ0) is 13.0. The number of hydrogen-bond donors (Lipinski definition) is 1. The van der Waals surface area contributed by atoms with E-state index in [0.29, 0.717) is 17.8 Å². The van der Waals surface area contributed by atoms with Crippen molar-refractivity contribution in [1.82, 2.24) is 9.97 Å². The predicted molar refractivity (Wildman–Crippen MR) is 72.8 cm³/mol. The Bertz CT molecular complexity index is 381. The van der Waals surface area contributed by atoms with E-state index in [9.17, 15) is 0 Å². The lowest BCUT2D eigenvalue weighted by molar-refractivity contribution is 0.253. The highest BCUT2D eigenvalue weighted by molar-refractivity contribution is 5.38. The number of rotatable bonds is 4. The van der Waals surface area contributed by atoms with Crippen LogP contribution in [0.15, 0.2) is 12.4 Å². The van der Waals surface area contributed by atoms with Gasteiger partial charge in [-0.3, -0.25) is 0 Å². The summed E-state index contributed by atoms with van der Waals surface area (Å²) in [7, 11) is 1.63. The number of ether oxygens (including phenoxy) is 1. The quantitative estimate of drug-likeness (QED) is 0.890. The zero-order valence-corrected chi connectivity index (χ0v) is 11.5. The van der Waals surface area contributed by atoms with Crippen LogP contribution in [0.3, 0.4) is 0 Å². The Balaban J connectivity index is 2.05. The Morgan fingerprint density at radius 3 is 2.78 bits per heavy atom. The SMILES string of the molecule is COc1cc(NC2CCCCC2C(C)C)ncn1. The van der Waals surface area contributed by atoms with E-state index in [-0.39, 0.29) is 0 Å². The van der Waals surface area contributed by atoms with Crippen molar-refractivity contribution in [2.75, 3.05) is 12.4 Å². The molecule has 0 bridgehead atoms. The molecule has 1 aromatic heterocycles. The van der Waals surface area contributed by atoms with Gasteiger partial charge in [0.2, 0.25) is 5.88 Å². The van der Waals surface area contributed by atoms with Crippen molar-refractivity contribution in [3.05, 3.63) is 12.4 Å². The maximum absolute atomic E-state index is 5.13. The lowest BCUT2D eigenvalue weighted by Crippen LogP contribution is -2.35. The minimum atomic E-state index is 0.526. The van der Waals surface area contributed by atoms with Crippen LogP contribution in [0.5, 0.6) is 5.88 Å². The van der Waals surface area contributed by atoms with Crippen LogP contribution in [0.2, 0.25) is 0 Å². The third-order valence-electron chi connectivity index (χ3n) is 3.86. The van der Waals surface area contributed by atoms with Crippen LogP contribution < -0.4 is 10.1 Å². The largest absolute Gasteiger partial charge is 0.481 e. The number of methoxy groups -OCH3 is 1. The molecule has 1 aliphatic rings. The maximum atomic E-state index is 5.13. The van der Waals surface area contributed by atoms with E-state index in [1.54, 1.807) is 13.4 Å². The van der Waals surface area contributed by atoms with Gasteiger partial charge >= 0.3 is 0 Å². The summed E-state index contributed by atoms with van der Waals surface area (Å²) < 4.78 is 5.13. The normalized spacial score (nSPS) is 24.0. The molecule has 1 aromatic rings. The summed E-state index contributed by atoms with van der Waals surface area (Å²) in [5.41, 5.74) is 0. The van der Waals surface area contributed by atoms with Crippen molar-refractivity contribution in [3.8, 4) is 5.88 Å². The second kappa shape index (κ2) is 6.03. The Morgan fingerprint density at radius 2 is 2.06 bits per heavy atom. The fourth-order valence-electron chi connectivity index (χ4n) is 2.86. The van der Waals surface area contributed by atoms with E-state index in [1.165, 1.54) is 25.7 Å². The third-order valence-corrected chi connectivity index (χ3v) is 3.86. The molecule has 0 aliphatic heterocycles. The molecular weight excluding hydrogens is 226 g/mol. The highest BCUT2D eigenvalue weighted by Crippen LogP contribution is 2.32. The van der Waals surface area contributed by atoms with Crippen LogP contribution >= 0.6 is 0 Å². The highest BCUT2D eigenvalue weighted by atomic mass is 16.5. The van der Waals surface area contributed by atoms with Crippen molar-refractivity contribution < 1.29 is 4.74 Å². The molecule has 0 radical (unpaired) electrons. The third kappa shape index (κ3) is 3.12. The summed E-state index contributed by atoms with van der Waals surface area (Å²) in [6.07, 6.45) is 6.76. The molecule has 0 amide bonds. The molecular formula is C14H23N3O. The molecule has 2 rings (SSSR count). The van der Waals surface area contributed by atoms with Gasteiger partial charge in [0.1, 0.15) is 12.1 Å². The van der Waals surface area contributed by atoms with Crippen LogP contribution in [0.4, 0.5) is 5.82 Å². The van der Waals surface area contributed by atoms with E-state index >= 15 is 0 Å². The molecule has 100 valence electrons. The topological polar surface area (TPSA) is 47.0 Å². The molecule has 1 saturated carbocycles. The smallest absolute Gasteiger partial charge is 0.218 e. The van der Waals surface area contributed by atoms with Crippen LogP contribution in [0, 0.1) is 11.8 Å². The molecule has 1 N–H and O–H groups in total. The molecule has 4 nitrogen and oxygen atoms in total. The van der Waals surface area contributed by atoms with Crippen LogP contribution in [-0.2, 0) is 0 Å². The van der Waals surface area contributed by atoms with Gasteiger partial charge in [0.25, 0.3) is 0 Å². The van der Waals surface area contributed by atoms with E-state index in [2.05, 4.69) is 29.1 Å².